The summed E-state index contributed by atoms with van der Waals surface area (Å²) in [5.74, 6) is 1.07. The lowest BCUT2D eigenvalue weighted by Crippen LogP contribution is -3.61. The molecule has 2 aromatic carbocycles. The third-order valence-electron chi connectivity index (χ3n) is 3.77. The molecule has 0 bridgehead atoms. The van der Waals surface area contributed by atoms with Crippen LogP contribution < -0.4 is 21.2 Å². The number of allylic oxidation sites excluding steroid dienone is 1. The second kappa shape index (κ2) is 6.65. The summed E-state index contributed by atoms with van der Waals surface area (Å²) < 4.78 is 2.89. The van der Waals surface area contributed by atoms with Gasteiger partial charge in [0.2, 0.25) is 3.58 Å². The monoisotopic (exact) mass is 420 g/mol. The first kappa shape index (κ1) is 16.5. The Balaban J connectivity index is 2.00. The second-order valence-corrected chi connectivity index (χ2v) is 9.64. The van der Waals surface area contributed by atoms with Gasteiger partial charge in [0.1, 0.15) is 6.04 Å². The second-order valence-electron chi connectivity index (χ2n) is 6.70. The van der Waals surface area contributed by atoms with E-state index in [9.17, 15) is 0 Å². The number of hydroxylamine groups is 2. The van der Waals surface area contributed by atoms with E-state index < -0.39 is 0 Å². The van der Waals surface area contributed by atoms with Crippen molar-refractivity contribution in [3.63, 3.8) is 0 Å². The van der Waals surface area contributed by atoms with Crippen LogP contribution in [0.2, 0.25) is 0 Å². The van der Waals surface area contributed by atoms with E-state index in [-0.39, 0.29) is 32.8 Å². The minimum atomic E-state index is -0.246. The average Bonchev–Trinajstić information content (AvgIpc) is 2.86. The van der Waals surface area contributed by atoms with E-state index in [4.69, 9.17) is 4.84 Å². The molecule has 0 N–H and O–H groups in total. The van der Waals surface area contributed by atoms with Gasteiger partial charge >= 0.3 is 21.2 Å². The molecule has 1 heterocycles. The molecule has 1 aliphatic heterocycles. The van der Waals surface area contributed by atoms with Crippen molar-refractivity contribution in [3.05, 3.63) is 79.1 Å². The molecular weight excluding hydrogens is 397 g/mol. The van der Waals surface area contributed by atoms with Crippen LogP contribution in [-0.4, -0.2) is 10.6 Å². The highest BCUT2D eigenvalue weighted by molar-refractivity contribution is 5.28. The van der Waals surface area contributed by atoms with Crippen molar-refractivity contribution in [1.82, 2.24) is 5.06 Å². The first-order valence-corrected chi connectivity index (χ1v) is 10.1. The van der Waals surface area contributed by atoms with E-state index in [1.165, 1.54) is 12.7 Å². The highest BCUT2D eigenvalue weighted by atomic mass is 127. The van der Waals surface area contributed by atoms with E-state index >= 15 is 0 Å². The Kier molecular flexibility index (Phi) is 4.78. The van der Waals surface area contributed by atoms with E-state index in [1.54, 1.807) is 0 Å². The molecule has 120 valence electrons. The summed E-state index contributed by atoms with van der Waals surface area (Å²) in [5.41, 5.74) is 1.26. The molecule has 23 heavy (non-hydrogen) atoms. The zero-order chi connectivity index (χ0) is 16.4. The summed E-state index contributed by atoms with van der Waals surface area (Å²) in [7, 11) is 0. The van der Waals surface area contributed by atoms with Crippen molar-refractivity contribution in [2.24, 2.45) is 0 Å². The standard InChI is InChI=1S/C20H23INO/c1-15-18(21-17-13-9-6-10-14-17)19(16-11-7-5-8-12-16)22(23-15)20(2,3)4/h5-14,19H,1-4H3/q+1. The number of halogens is 1. The number of rotatable bonds is 3. The number of hydrogen-bond acceptors (Lipinski definition) is 2. The highest BCUT2D eigenvalue weighted by Gasteiger charge is 2.47. The van der Waals surface area contributed by atoms with Crippen LogP contribution in [0.25, 0.3) is 0 Å². The maximum atomic E-state index is 6.22. The molecule has 3 heteroatoms. The van der Waals surface area contributed by atoms with Gasteiger partial charge in [-0.15, -0.1) is 5.06 Å². The molecule has 0 aliphatic carbocycles. The molecule has 1 aliphatic rings. The summed E-state index contributed by atoms with van der Waals surface area (Å²) in [6.07, 6.45) is 0. The minimum Gasteiger partial charge on any atom is -0.405 e. The van der Waals surface area contributed by atoms with Crippen molar-refractivity contribution >= 4 is 0 Å². The molecule has 0 saturated heterocycles. The van der Waals surface area contributed by atoms with E-state index in [1.807, 2.05) is 0 Å². The van der Waals surface area contributed by atoms with Gasteiger partial charge < -0.3 is 4.84 Å². The van der Waals surface area contributed by atoms with Crippen molar-refractivity contribution < 1.29 is 26.0 Å². The minimum absolute atomic E-state index is 0.0516. The molecule has 0 radical (unpaired) electrons. The fraction of sp³-hybridized carbons (Fsp3) is 0.300. The van der Waals surface area contributed by atoms with Gasteiger partial charge in [0.05, 0.1) is 0 Å². The van der Waals surface area contributed by atoms with Crippen molar-refractivity contribution in [1.29, 1.82) is 0 Å². The Morgan fingerprint density at radius 1 is 0.913 bits per heavy atom. The maximum Gasteiger partial charge on any atom is 0.359 e. The van der Waals surface area contributed by atoms with Gasteiger partial charge in [0, 0.05) is 12.5 Å². The van der Waals surface area contributed by atoms with Gasteiger partial charge in [-0.1, -0.05) is 48.5 Å². The summed E-state index contributed by atoms with van der Waals surface area (Å²) in [6, 6.07) is 21.7. The molecule has 0 saturated carbocycles. The van der Waals surface area contributed by atoms with E-state index in [0.717, 1.165) is 5.76 Å². The molecular formula is C20H23INO+. The third-order valence-corrected chi connectivity index (χ3v) is 7.04. The lowest BCUT2D eigenvalue weighted by Gasteiger charge is -2.34. The van der Waals surface area contributed by atoms with Crippen LogP contribution in [0.15, 0.2) is 70.0 Å². The molecule has 0 amide bonds. The molecule has 3 rings (SSSR count). The number of nitrogens with zero attached hydrogens (tertiary/aromatic N) is 1. The van der Waals surface area contributed by atoms with E-state index in [2.05, 4.69) is 93.4 Å². The lowest BCUT2D eigenvalue weighted by atomic mass is 10.0. The average molecular weight is 420 g/mol. The molecule has 2 aromatic rings. The Hall–Kier alpha value is -1.33. The zero-order valence-electron chi connectivity index (χ0n) is 14.1. The van der Waals surface area contributed by atoms with Crippen LogP contribution >= 0.6 is 0 Å². The van der Waals surface area contributed by atoms with Gasteiger partial charge in [-0.3, -0.25) is 0 Å². The summed E-state index contributed by atoms with van der Waals surface area (Å²) in [6.45, 7) is 8.74. The van der Waals surface area contributed by atoms with E-state index in [0.29, 0.717) is 0 Å². The van der Waals surface area contributed by atoms with Crippen molar-refractivity contribution in [2.45, 2.75) is 39.3 Å². The first-order valence-electron chi connectivity index (χ1n) is 7.90. The van der Waals surface area contributed by atoms with Gasteiger partial charge in [0.25, 0.3) is 0 Å². The van der Waals surface area contributed by atoms with Crippen LogP contribution in [0.3, 0.4) is 0 Å². The fourth-order valence-corrected chi connectivity index (χ4v) is 5.53. The Morgan fingerprint density at radius 3 is 2.04 bits per heavy atom. The van der Waals surface area contributed by atoms with Crippen LogP contribution in [0.4, 0.5) is 0 Å². The molecule has 0 fully saturated rings. The van der Waals surface area contributed by atoms with Gasteiger partial charge in [-0.05, 0) is 38.5 Å². The summed E-state index contributed by atoms with van der Waals surface area (Å²) >= 11 is -0.246. The molecule has 2 nitrogen and oxygen atoms in total. The van der Waals surface area contributed by atoms with Crippen LogP contribution in [0.1, 0.15) is 39.3 Å². The van der Waals surface area contributed by atoms with Gasteiger partial charge in [-0.25, -0.2) is 0 Å². The molecule has 0 spiro atoms. The summed E-state index contributed by atoms with van der Waals surface area (Å²) in [4.78, 5) is 6.22. The van der Waals surface area contributed by atoms with Gasteiger partial charge in [0.15, 0.2) is 9.33 Å². The first-order chi connectivity index (χ1) is 11.0. The SMILES string of the molecule is CC1=C([I+]c2ccccc2)C(c2ccccc2)N(C(C)(C)C)O1. The topological polar surface area (TPSA) is 12.5 Å². The smallest absolute Gasteiger partial charge is 0.359 e. The highest BCUT2D eigenvalue weighted by Crippen LogP contribution is 2.38. The summed E-state index contributed by atoms with van der Waals surface area (Å²) in [5, 5.41) is 2.16. The lowest BCUT2D eigenvalue weighted by molar-refractivity contribution is -0.582. The molecule has 1 unspecified atom stereocenters. The van der Waals surface area contributed by atoms with Crippen molar-refractivity contribution in [3.8, 4) is 0 Å². The van der Waals surface area contributed by atoms with Crippen LogP contribution in [-0.2, 0) is 4.84 Å². The fourth-order valence-electron chi connectivity index (χ4n) is 2.69. The third kappa shape index (κ3) is 3.61. The Labute approximate surface area is 149 Å². The molecule has 1 atom stereocenters. The number of benzene rings is 2. The van der Waals surface area contributed by atoms with Gasteiger partial charge in [-0.2, -0.15) is 0 Å². The molecule has 0 aromatic heterocycles. The van der Waals surface area contributed by atoms with Crippen LogP contribution in [0.5, 0.6) is 0 Å². The predicted molar refractivity (Wildman–Crippen MR) is 89.7 cm³/mol. The van der Waals surface area contributed by atoms with Crippen molar-refractivity contribution in [2.75, 3.05) is 0 Å². The normalized spacial score (nSPS) is 19.0. The maximum absolute atomic E-state index is 6.22. The largest absolute Gasteiger partial charge is 0.405 e. The predicted octanol–water partition coefficient (Wildman–Crippen LogP) is 1.96. The Bertz CT molecular complexity index is 689. The van der Waals surface area contributed by atoms with Crippen LogP contribution in [0, 0.1) is 3.57 Å². The zero-order valence-corrected chi connectivity index (χ0v) is 16.2. The quantitative estimate of drug-likeness (QED) is 0.705. The Morgan fingerprint density at radius 2 is 1.48 bits per heavy atom. The number of hydrogen-bond donors (Lipinski definition) is 0.